The number of aromatic carboxylic acids is 1. The molecule has 0 bridgehead atoms. The van der Waals surface area contributed by atoms with Crippen molar-refractivity contribution in [2.24, 2.45) is 11.8 Å². The van der Waals surface area contributed by atoms with E-state index in [9.17, 15) is 27.9 Å². The Morgan fingerprint density at radius 2 is 1.83 bits per heavy atom. The molecule has 0 aliphatic heterocycles. The fourth-order valence-electron chi connectivity index (χ4n) is 4.99. The molecule has 12 heteroatoms. The predicted molar refractivity (Wildman–Crippen MR) is 148 cm³/mol. The fourth-order valence-corrected chi connectivity index (χ4v) is 4.99. The van der Waals surface area contributed by atoms with Crippen LogP contribution in [0.4, 0.5) is 29.1 Å². The van der Waals surface area contributed by atoms with Gasteiger partial charge in [0.2, 0.25) is 11.8 Å². The highest BCUT2D eigenvalue weighted by molar-refractivity contribution is 6.03. The number of hydrogen-bond acceptors (Lipinski definition) is 6. The van der Waals surface area contributed by atoms with Crippen LogP contribution in [0, 0.1) is 17.7 Å². The molecule has 4 rings (SSSR count). The maximum atomic E-state index is 15.4. The molecular formula is C30H32F4N4O4. The number of benzene rings is 1. The minimum absolute atomic E-state index is 0.0292. The Bertz CT molecular complexity index is 1420. The van der Waals surface area contributed by atoms with Crippen molar-refractivity contribution < 1.29 is 37.0 Å². The molecule has 3 aromatic rings. The molecule has 2 N–H and O–H groups in total. The lowest BCUT2D eigenvalue weighted by molar-refractivity contribution is -0.139. The predicted octanol–water partition coefficient (Wildman–Crippen LogP) is 7.30. The maximum Gasteiger partial charge on any atom is 0.421 e. The van der Waals surface area contributed by atoms with Gasteiger partial charge < -0.3 is 20.1 Å². The van der Waals surface area contributed by atoms with Gasteiger partial charge in [0.25, 0.3) is 0 Å². The SMILES string of the molecule is CC1CCC(C(=O)N(c2cc(F)c(Oc3ncc(CNc4ccccn4)cc3C(F)(F)F)cc2C(=O)O)C(C)C)CC1. The summed E-state index contributed by atoms with van der Waals surface area (Å²) in [5.41, 5.74) is -1.78. The molecule has 0 atom stereocenters. The summed E-state index contributed by atoms with van der Waals surface area (Å²) in [4.78, 5) is 34.8. The fraction of sp³-hybridized carbons (Fsp3) is 0.400. The van der Waals surface area contributed by atoms with Crippen molar-refractivity contribution in [3.63, 3.8) is 0 Å². The Morgan fingerprint density at radius 1 is 1.12 bits per heavy atom. The van der Waals surface area contributed by atoms with Gasteiger partial charge >= 0.3 is 12.1 Å². The zero-order valence-corrected chi connectivity index (χ0v) is 23.4. The van der Waals surface area contributed by atoms with Crippen LogP contribution in [0.15, 0.2) is 48.8 Å². The zero-order valence-electron chi connectivity index (χ0n) is 23.4. The van der Waals surface area contributed by atoms with E-state index in [0.29, 0.717) is 24.6 Å². The van der Waals surface area contributed by atoms with Crippen molar-refractivity contribution >= 4 is 23.4 Å². The molecule has 2 heterocycles. The van der Waals surface area contributed by atoms with Gasteiger partial charge in [0.05, 0.1) is 11.3 Å². The molecular weight excluding hydrogens is 556 g/mol. The minimum Gasteiger partial charge on any atom is -0.478 e. The molecule has 1 amide bonds. The number of aromatic nitrogens is 2. The van der Waals surface area contributed by atoms with Gasteiger partial charge in [0, 0.05) is 43.0 Å². The quantitative estimate of drug-likeness (QED) is 0.253. The molecule has 0 saturated heterocycles. The first-order chi connectivity index (χ1) is 19.8. The second kappa shape index (κ2) is 12.7. The topological polar surface area (TPSA) is 105 Å². The Labute approximate surface area is 240 Å². The van der Waals surface area contributed by atoms with Crippen LogP contribution in [0.2, 0.25) is 0 Å². The number of carboxylic acid groups (broad SMARTS) is 1. The number of alkyl halides is 3. The lowest BCUT2D eigenvalue weighted by Crippen LogP contribution is -2.43. The van der Waals surface area contributed by atoms with E-state index in [1.165, 1.54) is 11.1 Å². The standard InChI is InChI=1S/C30H32F4N4O4/c1-17(2)38(28(39)20-9-7-18(3)8-10-20)24-14-23(31)25(13-21(24)29(40)41)42-27-22(30(32,33)34)12-19(16-37-27)15-36-26-6-4-5-11-35-26/h4-6,11-14,16-18,20H,7-10,15H2,1-3H3,(H,35,36)(H,40,41). The third-order valence-electron chi connectivity index (χ3n) is 7.22. The van der Waals surface area contributed by atoms with Crippen LogP contribution in [-0.2, 0) is 17.5 Å². The van der Waals surface area contributed by atoms with E-state index in [1.54, 1.807) is 32.0 Å². The van der Waals surface area contributed by atoms with Crippen LogP contribution in [0.3, 0.4) is 0 Å². The van der Waals surface area contributed by atoms with Crippen molar-refractivity contribution in [1.29, 1.82) is 0 Å². The van der Waals surface area contributed by atoms with E-state index in [4.69, 9.17) is 4.74 Å². The van der Waals surface area contributed by atoms with Gasteiger partial charge in [0.1, 0.15) is 11.4 Å². The zero-order chi connectivity index (χ0) is 30.6. The Morgan fingerprint density at radius 3 is 2.43 bits per heavy atom. The third kappa shape index (κ3) is 7.15. The molecule has 1 aromatic carbocycles. The van der Waals surface area contributed by atoms with Gasteiger partial charge in [-0.3, -0.25) is 4.79 Å². The van der Waals surface area contributed by atoms with Crippen LogP contribution in [0.25, 0.3) is 0 Å². The number of nitrogens with zero attached hydrogens (tertiary/aromatic N) is 3. The largest absolute Gasteiger partial charge is 0.478 e. The van der Waals surface area contributed by atoms with Crippen molar-refractivity contribution in [1.82, 2.24) is 9.97 Å². The number of rotatable bonds is 9. The number of halogens is 4. The number of carboxylic acids is 1. The second-order valence-electron chi connectivity index (χ2n) is 10.7. The summed E-state index contributed by atoms with van der Waals surface area (Å²) < 4.78 is 62.5. The Hall–Kier alpha value is -4.22. The van der Waals surface area contributed by atoms with Crippen LogP contribution < -0.4 is 15.0 Å². The molecule has 1 fully saturated rings. The van der Waals surface area contributed by atoms with E-state index in [0.717, 1.165) is 37.2 Å². The van der Waals surface area contributed by atoms with E-state index < -0.39 is 46.8 Å². The first kappa shape index (κ1) is 30.7. The maximum absolute atomic E-state index is 15.4. The number of carbonyl (C=O) groups is 2. The van der Waals surface area contributed by atoms with Gasteiger partial charge in [-0.25, -0.2) is 19.2 Å². The summed E-state index contributed by atoms with van der Waals surface area (Å²) in [7, 11) is 0. The average Bonchev–Trinajstić information content (AvgIpc) is 2.93. The Kier molecular flexibility index (Phi) is 9.33. The number of ether oxygens (including phenoxy) is 1. The smallest absolute Gasteiger partial charge is 0.421 e. The first-order valence-electron chi connectivity index (χ1n) is 13.6. The number of pyridine rings is 2. The number of amides is 1. The lowest BCUT2D eigenvalue weighted by atomic mass is 9.82. The van der Waals surface area contributed by atoms with Crippen molar-refractivity contribution in [3.05, 3.63) is 71.3 Å². The Balaban J connectivity index is 1.66. The summed E-state index contributed by atoms with van der Waals surface area (Å²) in [6.45, 7) is 5.43. The summed E-state index contributed by atoms with van der Waals surface area (Å²) in [5, 5.41) is 12.8. The monoisotopic (exact) mass is 588 g/mol. The number of carbonyl (C=O) groups excluding carboxylic acids is 1. The van der Waals surface area contributed by atoms with Gasteiger partial charge in [-0.05, 0) is 69.2 Å². The van der Waals surface area contributed by atoms with Gasteiger partial charge in [0.15, 0.2) is 11.6 Å². The number of nitrogens with one attached hydrogen (secondary N) is 1. The first-order valence-corrected chi connectivity index (χ1v) is 13.6. The van der Waals surface area contributed by atoms with Crippen LogP contribution >= 0.6 is 0 Å². The highest BCUT2D eigenvalue weighted by Gasteiger charge is 2.37. The summed E-state index contributed by atoms with van der Waals surface area (Å²) in [6.07, 6.45) is 0.714. The molecule has 1 aliphatic rings. The second-order valence-corrected chi connectivity index (χ2v) is 10.7. The van der Waals surface area contributed by atoms with Gasteiger partial charge in [-0.15, -0.1) is 0 Å². The van der Waals surface area contributed by atoms with E-state index in [2.05, 4.69) is 22.2 Å². The van der Waals surface area contributed by atoms with Crippen LogP contribution in [-0.4, -0.2) is 33.0 Å². The number of hydrogen-bond donors (Lipinski definition) is 2. The van der Waals surface area contributed by atoms with Gasteiger partial charge in [-0.2, -0.15) is 13.2 Å². The molecule has 1 aliphatic carbocycles. The molecule has 224 valence electrons. The highest BCUT2D eigenvalue weighted by atomic mass is 19.4. The molecule has 0 spiro atoms. The molecule has 2 aromatic heterocycles. The van der Waals surface area contributed by atoms with E-state index >= 15 is 4.39 Å². The molecule has 0 unspecified atom stereocenters. The van der Waals surface area contributed by atoms with E-state index in [-0.39, 0.29) is 29.6 Å². The van der Waals surface area contributed by atoms with E-state index in [1.807, 2.05) is 0 Å². The summed E-state index contributed by atoms with van der Waals surface area (Å²) >= 11 is 0. The molecule has 42 heavy (non-hydrogen) atoms. The average molecular weight is 589 g/mol. The molecule has 1 saturated carbocycles. The van der Waals surface area contributed by atoms with Crippen molar-refractivity contribution in [2.75, 3.05) is 10.2 Å². The van der Waals surface area contributed by atoms with Crippen LogP contribution in [0.5, 0.6) is 11.6 Å². The van der Waals surface area contributed by atoms with Crippen molar-refractivity contribution in [3.8, 4) is 11.6 Å². The summed E-state index contributed by atoms with van der Waals surface area (Å²) in [5.74, 6) is -4.08. The van der Waals surface area contributed by atoms with Crippen molar-refractivity contribution in [2.45, 2.75) is 65.2 Å². The minimum atomic E-state index is -4.91. The molecule has 8 nitrogen and oxygen atoms in total. The summed E-state index contributed by atoms with van der Waals surface area (Å²) in [6, 6.07) is 6.96. The molecule has 0 radical (unpaired) electrons. The third-order valence-corrected chi connectivity index (χ3v) is 7.22. The van der Waals surface area contributed by atoms with Gasteiger partial charge in [-0.1, -0.05) is 13.0 Å². The van der Waals surface area contributed by atoms with Crippen LogP contribution in [0.1, 0.15) is 67.9 Å². The lowest BCUT2D eigenvalue weighted by Gasteiger charge is -2.34. The highest BCUT2D eigenvalue weighted by Crippen LogP contribution is 2.40. The number of anilines is 2. The normalized spacial score (nSPS) is 17.1.